The van der Waals surface area contributed by atoms with Gasteiger partial charge >= 0.3 is 6.18 Å². The molecule has 1 radical (unpaired) electrons. The zero-order valence-electron chi connectivity index (χ0n) is 7.86. The molecule has 1 nitrogen and oxygen atoms in total. The van der Waals surface area contributed by atoms with Crippen LogP contribution in [0.25, 0.3) is 0 Å². The number of unbranched alkanes of at least 4 members (excludes halogenated alkanes) is 2. The monoisotopic (exact) mass is 197 g/mol. The van der Waals surface area contributed by atoms with E-state index in [2.05, 4.69) is 0 Å². The number of hydrogen-bond acceptors (Lipinski definition) is 1. The van der Waals surface area contributed by atoms with Crippen molar-refractivity contribution in [1.29, 1.82) is 0 Å². The summed E-state index contributed by atoms with van der Waals surface area (Å²) < 4.78 is 39.9. The molecule has 0 aliphatic heterocycles. The number of ether oxygens (including phenoxy) is 1. The first-order chi connectivity index (χ1) is 6.06. The van der Waals surface area contributed by atoms with Crippen LogP contribution in [-0.4, -0.2) is 12.8 Å². The quantitative estimate of drug-likeness (QED) is 0.565. The topological polar surface area (TPSA) is 9.23 Å². The second kappa shape index (κ2) is 7.18. The Bertz CT molecular complexity index is 112. The second-order valence-electron chi connectivity index (χ2n) is 2.90. The highest BCUT2D eigenvalue weighted by atomic mass is 19.4. The lowest BCUT2D eigenvalue weighted by Gasteiger charge is -2.05. The number of halogens is 3. The Labute approximate surface area is 77.3 Å². The summed E-state index contributed by atoms with van der Waals surface area (Å²) >= 11 is 0. The Morgan fingerprint density at radius 3 is 2.46 bits per heavy atom. The van der Waals surface area contributed by atoms with Gasteiger partial charge in [-0.1, -0.05) is 13.3 Å². The van der Waals surface area contributed by atoms with E-state index in [1.165, 1.54) is 0 Å². The van der Waals surface area contributed by atoms with Crippen LogP contribution in [0.2, 0.25) is 0 Å². The summed E-state index contributed by atoms with van der Waals surface area (Å²) in [6, 6.07) is 0. The van der Waals surface area contributed by atoms with Gasteiger partial charge in [0.1, 0.15) is 0 Å². The summed E-state index contributed by atoms with van der Waals surface area (Å²) in [4.78, 5) is 0. The minimum absolute atomic E-state index is 0.156. The van der Waals surface area contributed by atoms with E-state index >= 15 is 0 Å². The predicted molar refractivity (Wildman–Crippen MR) is 45.1 cm³/mol. The molecule has 0 spiro atoms. The van der Waals surface area contributed by atoms with E-state index in [4.69, 9.17) is 4.74 Å². The molecular formula is C9H16F3O. The van der Waals surface area contributed by atoms with Gasteiger partial charge in [-0.05, 0) is 19.3 Å². The SMILES string of the molecule is CCC[CH]OCCCCC(F)(F)F. The van der Waals surface area contributed by atoms with E-state index < -0.39 is 12.6 Å². The molecule has 0 atom stereocenters. The Morgan fingerprint density at radius 1 is 1.23 bits per heavy atom. The third-order valence-electron chi connectivity index (χ3n) is 1.50. The van der Waals surface area contributed by atoms with Crippen molar-refractivity contribution in [3.63, 3.8) is 0 Å². The fraction of sp³-hybridized carbons (Fsp3) is 0.889. The maximum Gasteiger partial charge on any atom is 0.389 e. The zero-order valence-corrected chi connectivity index (χ0v) is 7.86. The lowest BCUT2D eigenvalue weighted by atomic mass is 10.2. The van der Waals surface area contributed by atoms with Gasteiger partial charge in [-0.25, -0.2) is 0 Å². The van der Waals surface area contributed by atoms with Crippen LogP contribution in [0, 0.1) is 6.61 Å². The van der Waals surface area contributed by atoms with Crippen LogP contribution in [0.5, 0.6) is 0 Å². The van der Waals surface area contributed by atoms with Crippen molar-refractivity contribution < 1.29 is 17.9 Å². The molecule has 0 heterocycles. The lowest BCUT2D eigenvalue weighted by Crippen LogP contribution is -2.07. The number of hydrogen-bond donors (Lipinski definition) is 0. The van der Waals surface area contributed by atoms with Crippen LogP contribution in [0.15, 0.2) is 0 Å². The van der Waals surface area contributed by atoms with Crippen molar-refractivity contribution in [3.05, 3.63) is 6.61 Å². The molecule has 0 aromatic heterocycles. The van der Waals surface area contributed by atoms with E-state index in [0.29, 0.717) is 13.0 Å². The smallest absolute Gasteiger partial charge is 0.376 e. The first-order valence-corrected chi connectivity index (χ1v) is 4.56. The lowest BCUT2D eigenvalue weighted by molar-refractivity contribution is -0.136. The van der Waals surface area contributed by atoms with E-state index in [1.807, 2.05) is 6.92 Å². The van der Waals surface area contributed by atoms with Gasteiger partial charge in [0.25, 0.3) is 0 Å². The number of rotatable bonds is 7. The molecule has 0 N–H and O–H groups in total. The Hall–Kier alpha value is -0.250. The molecule has 0 aliphatic carbocycles. The summed E-state index contributed by atoms with van der Waals surface area (Å²) in [5.41, 5.74) is 0. The van der Waals surface area contributed by atoms with Gasteiger partial charge in [-0.2, -0.15) is 13.2 Å². The first-order valence-electron chi connectivity index (χ1n) is 4.56. The van der Waals surface area contributed by atoms with Gasteiger partial charge in [-0.3, -0.25) is 0 Å². The highest BCUT2D eigenvalue weighted by Crippen LogP contribution is 2.22. The molecule has 0 aromatic rings. The predicted octanol–water partition coefficient (Wildman–Crippen LogP) is 3.70. The zero-order chi connectivity index (χ0) is 10.2. The standard InChI is InChI=1S/C9H16F3O/c1-2-3-7-13-8-5-4-6-9(10,11)12/h7H,2-6,8H2,1H3. The van der Waals surface area contributed by atoms with E-state index in [1.54, 1.807) is 6.61 Å². The molecule has 0 aliphatic rings. The molecule has 0 saturated heterocycles. The Morgan fingerprint density at radius 2 is 1.92 bits per heavy atom. The Balaban J connectivity index is 3.00. The van der Waals surface area contributed by atoms with Crippen LogP contribution >= 0.6 is 0 Å². The molecule has 0 saturated carbocycles. The van der Waals surface area contributed by atoms with Crippen LogP contribution in [-0.2, 0) is 4.74 Å². The minimum atomic E-state index is -4.02. The van der Waals surface area contributed by atoms with Gasteiger partial charge in [0.2, 0.25) is 0 Å². The summed E-state index contributed by atoms with van der Waals surface area (Å²) in [7, 11) is 0. The minimum Gasteiger partial charge on any atom is -0.376 e. The van der Waals surface area contributed by atoms with E-state index in [0.717, 1.165) is 12.8 Å². The summed E-state index contributed by atoms with van der Waals surface area (Å²) in [5, 5.41) is 0. The molecule has 0 amide bonds. The van der Waals surface area contributed by atoms with Gasteiger partial charge in [-0.15, -0.1) is 0 Å². The largest absolute Gasteiger partial charge is 0.389 e. The molecular weight excluding hydrogens is 181 g/mol. The van der Waals surface area contributed by atoms with Gasteiger partial charge in [0, 0.05) is 13.0 Å². The molecule has 79 valence electrons. The van der Waals surface area contributed by atoms with Gasteiger partial charge < -0.3 is 4.74 Å². The fourth-order valence-corrected chi connectivity index (χ4v) is 0.795. The summed E-state index contributed by atoms with van der Waals surface area (Å²) in [6.07, 6.45) is -2.23. The molecule has 0 fully saturated rings. The third-order valence-corrected chi connectivity index (χ3v) is 1.50. The first kappa shape index (κ1) is 12.8. The van der Waals surface area contributed by atoms with Crippen LogP contribution in [0.4, 0.5) is 13.2 Å². The van der Waals surface area contributed by atoms with Crippen LogP contribution in [0.1, 0.15) is 39.0 Å². The van der Waals surface area contributed by atoms with Crippen molar-refractivity contribution in [2.75, 3.05) is 6.61 Å². The van der Waals surface area contributed by atoms with Crippen molar-refractivity contribution in [3.8, 4) is 0 Å². The van der Waals surface area contributed by atoms with Crippen molar-refractivity contribution in [2.45, 2.75) is 45.2 Å². The average molecular weight is 197 g/mol. The highest BCUT2D eigenvalue weighted by molar-refractivity contribution is 4.52. The molecule has 4 heteroatoms. The van der Waals surface area contributed by atoms with Crippen molar-refractivity contribution >= 4 is 0 Å². The van der Waals surface area contributed by atoms with Crippen molar-refractivity contribution in [1.82, 2.24) is 0 Å². The highest BCUT2D eigenvalue weighted by Gasteiger charge is 2.25. The fourth-order valence-electron chi connectivity index (χ4n) is 0.795. The molecule has 0 bridgehead atoms. The molecule has 0 aromatic carbocycles. The normalized spacial score (nSPS) is 12.0. The maximum atomic E-state index is 11.6. The van der Waals surface area contributed by atoms with E-state index in [9.17, 15) is 13.2 Å². The third kappa shape index (κ3) is 11.8. The average Bonchev–Trinajstić information content (AvgIpc) is 2.01. The van der Waals surface area contributed by atoms with E-state index in [-0.39, 0.29) is 6.42 Å². The maximum absolute atomic E-state index is 11.6. The molecule has 13 heavy (non-hydrogen) atoms. The summed E-state index contributed by atoms with van der Waals surface area (Å²) in [5.74, 6) is 0. The van der Waals surface area contributed by atoms with Crippen molar-refractivity contribution in [2.24, 2.45) is 0 Å². The Kier molecular flexibility index (Phi) is 7.04. The summed E-state index contributed by atoms with van der Waals surface area (Å²) in [6.45, 7) is 4.08. The molecule has 0 unspecified atom stereocenters. The van der Waals surface area contributed by atoms with Crippen LogP contribution < -0.4 is 0 Å². The second-order valence-corrected chi connectivity index (χ2v) is 2.90. The van der Waals surface area contributed by atoms with Gasteiger partial charge in [0.05, 0.1) is 6.61 Å². The number of alkyl halides is 3. The van der Waals surface area contributed by atoms with Crippen LogP contribution in [0.3, 0.4) is 0 Å². The molecule has 0 rings (SSSR count). The van der Waals surface area contributed by atoms with Gasteiger partial charge in [0.15, 0.2) is 0 Å².